The second kappa shape index (κ2) is 10.7. The van der Waals surface area contributed by atoms with Gasteiger partial charge in [-0.15, -0.1) is 0 Å². The second-order valence-corrected chi connectivity index (χ2v) is 6.06. The lowest BCUT2D eigenvalue weighted by Gasteiger charge is -2.11. The zero-order valence-corrected chi connectivity index (χ0v) is 16.0. The SMILES string of the molecule is CCCCCOc1ccc(/C=C/C(=O)Nc2ccccc2[N+](=O)[O-])cc1OC. The van der Waals surface area contributed by atoms with Gasteiger partial charge in [0.25, 0.3) is 5.69 Å². The Balaban J connectivity index is 2.03. The summed E-state index contributed by atoms with van der Waals surface area (Å²) < 4.78 is 11.1. The first-order valence-electron chi connectivity index (χ1n) is 9.08. The maximum atomic E-state index is 12.1. The van der Waals surface area contributed by atoms with Crippen molar-refractivity contribution >= 4 is 23.4 Å². The summed E-state index contributed by atoms with van der Waals surface area (Å²) in [6, 6.07) is 11.4. The van der Waals surface area contributed by atoms with E-state index in [1.54, 1.807) is 37.5 Å². The summed E-state index contributed by atoms with van der Waals surface area (Å²) in [5.74, 6) is 0.769. The molecule has 0 atom stereocenters. The number of nitro groups is 1. The Hall–Kier alpha value is -3.35. The van der Waals surface area contributed by atoms with E-state index in [4.69, 9.17) is 9.47 Å². The van der Waals surface area contributed by atoms with Crippen LogP contribution in [0.3, 0.4) is 0 Å². The number of unbranched alkanes of at least 4 members (excludes halogenated alkanes) is 2. The van der Waals surface area contributed by atoms with Crippen molar-refractivity contribution in [3.63, 3.8) is 0 Å². The van der Waals surface area contributed by atoms with Crippen LogP contribution in [-0.2, 0) is 4.79 Å². The van der Waals surface area contributed by atoms with Gasteiger partial charge in [0.2, 0.25) is 5.91 Å². The maximum absolute atomic E-state index is 12.1. The number of ether oxygens (including phenoxy) is 2. The van der Waals surface area contributed by atoms with Gasteiger partial charge in [-0.1, -0.05) is 38.0 Å². The van der Waals surface area contributed by atoms with Crippen molar-refractivity contribution in [2.45, 2.75) is 26.2 Å². The Bertz CT molecular complexity index is 848. The van der Waals surface area contributed by atoms with Gasteiger partial charge in [-0.3, -0.25) is 14.9 Å². The number of hydrogen-bond donors (Lipinski definition) is 1. The zero-order chi connectivity index (χ0) is 20.4. The molecule has 0 saturated heterocycles. The summed E-state index contributed by atoms with van der Waals surface area (Å²) in [5.41, 5.74) is 0.738. The summed E-state index contributed by atoms with van der Waals surface area (Å²) in [7, 11) is 1.56. The van der Waals surface area contributed by atoms with Crippen molar-refractivity contribution in [2.24, 2.45) is 0 Å². The van der Waals surface area contributed by atoms with Crippen molar-refractivity contribution in [1.82, 2.24) is 0 Å². The van der Waals surface area contributed by atoms with E-state index in [-0.39, 0.29) is 11.4 Å². The smallest absolute Gasteiger partial charge is 0.292 e. The van der Waals surface area contributed by atoms with Crippen molar-refractivity contribution < 1.29 is 19.2 Å². The van der Waals surface area contributed by atoms with Crippen LogP contribution in [0.5, 0.6) is 11.5 Å². The first kappa shape index (κ1) is 21.0. The number of anilines is 1. The lowest BCUT2D eigenvalue weighted by Crippen LogP contribution is -2.09. The maximum Gasteiger partial charge on any atom is 0.292 e. The average Bonchev–Trinajstić information content (AvgIpc) is 2.70. The fraction of sp³-hybridized carbons (Fsp3) is 0.286. The predicted molar refractivity (Wildman–Crippen MR) is 109 cm³/mol. The molecule has 2 rings (SSSR count). The summed E-state index contributed by atoms with van der Waals surface area (Å²) in [6.45, 7) is 2.76. The normalized spacial score (nSPS) is 10.6. The molecule has 0 radical (unpaired) electrons. The van der Waals surface area contributed by atoms with E-state index in [0.29, 0.717) is 18.1 Å². The zero-order valence-electron chi connectivity index (χ0n) is 16.0. The van der Waals surface area contributed by atoms with E-state index in [9.17, 15) is 14.9 Å². The molecule has 0 aliphatic carbocycles. The Kier molecular flexibility index (Phi) is 8.02. The van der Waals surface area contributed by atoms with E-state index < -0.39 is 10.8 Å². The van der Waals surface area contributed by atoms with Crippen LogP contribution >= 0.6 is 0 Å². The second-order valence-electron chi connectivity index (χ2n) is 6.06. The highest BCUT2D eigenvalue weighted by molar-refractivity contribution is 6.03. The largest absolute Gasteiger partial charge is 0.493 e. The van der Waals surface area contributed by atoms with Crippen LogP contribution in [0, 0.1) is 10.1 Å². The van der Waals surface area contributed by atoms with E-state index in [2.05, 4.69) is 12.2 Å². The minimum atomic E-state index is -0.538. The first-order valence-corrected chi connectivity index (χ1v) is 9.08. The highest BCUT2D eigenvalue weighted by atomic mass is 16.6. The quantitative estimate of drug-likeness (QED) is 0.274. The topological polar surface area (TPSA) is 90.7 Å². The standard InChI is InChI=1S/C21H24N2O5/c1-3-4-7-14-28-19-12-10-16(15-20(19)27-2)11-13-21(24)22-17-8-5-6-9-18(17)23(25)26/h5-6,8-13,15H,3-4,7,14H2,1-2H3,(H,22,24)/b13-11+. The van der Waals surface area contributed by atoms with Crippen LogP contribution in [0.25, 0.3) is 6.08 Å². The van der Waals surface area contributed by atoms with Crippen LogP contribution in [0.15, 0.2) is 48.5 Å². The van der Waals surface area contributed by atoms with E-state index >= 15 is 0 Å². The third kappa shape index (κ3) is 6.12. The molecule has 7 heteroatoms. The molecule has 0 fully saturated rings. The lowest BCUT2D eigenvalue weighted by molar-refractivity contribution is -0.383. The van der Waals surface area contributed by atoms with Crippen LogP contribution in [0.2, 0.25) is 0 Å². The van der Waals surface area contributed by atoms with Gasteiger partial charge in [-0.25, -0.2) is 0 Å². The average molecular weight is 384 g/mol. The molecular weight excluding hydrogens is 360 g/mol. The highest BCUT2D eigenvalue weighted by Gasteiger charge is 2.13. The van der Waals surface area contributed by atoms with Crippen LogP contribution in [0.4, 0.5) is 11.4 Å². The van der Waals surface area contributed by atoms with Gasteiger partial charge in [-0.2, -0.15) is 0 Å². The molecule has 0 unspecified atom stereocenters. The fourth-order valence-corrected chi connectivity index (χ4v) is 2.53. The number of para-hydroxylation sites is 2. The van der Waals surface area contributed by atoms with Gasteiger partial charge >= 0.3 is 0 Å². The number of rotatable bonds is 10. The Morgan fingerprint density at radius 3 is 2.68 bits per heavy atom. The molecule has 0 saturated carbocycles. The van der Waals surface area contributed by atoms with Gasteiger partial charge in [-0.05, 0) is 36.3 Å². The predicted octanol–water partition coefficient (Wildman–Crippen LogP) is 4.82. The molecule has 7 nitrogen and oxygen atoms in total. The van der Waals surface area contributed by atoms with Crippen molar-refractivity contribution in [3.8, 4) is 11.5 Å². The Morgan fingerprint density at radius 1 is 1.18 bits per heavy atom. The number of benzene rings is 2. The van der Waals surface area contributed by atoms with Gasteiger partial charge in [0.05, 0.1) is 18.6 Å². The fourth-order valence-electron chi connectivity index (χ4n) is 2.53. The molecule has 2 aromatic carbocycles. The van der Waals surface area contributed by atoms with Crippen LogP contribution in [-0.4, -0.2) is 24.5 Å². The Morgan fingerprint density at radius 2 is 1.96 bits per heavy atom. The molecule has 28 heavy (non-hydrogen) atoms. The van der Waals surface area contributed by atoms with E-state index in [0.717, 1.165) is 24.8 Å². The summed E-state index contributed by atoms with van der Waals surface area (Å²) in [4.78, 5) is 22.6. The number of carbonyl (C=O) groups is 1. The van der Waals surface area contributed by atoms with Crippen molar-refractivity contribution in [3.05, 3.63) is 64.2 Å². The molecule has 1 N–H and O–H groups in total. The molecular formula is C21H24N2O5. The van der Waals surface area contributed by atoms with Crippen molar-refractivity contribution in [2.75, 3.05) is 19.0 Å². The number of amides is 1. The Labute approximate surface area is 164 Å². The van der Waals surface area contributed by atoms with E-state index in [1.807, 2.05) is 6.07 Å². The molecule has 2 aromatic rings. The van der Waals surface area contributed by atoms with Gasteiger partial charge in [0, 0.05) is 12.1 Å². The highest BCUT2D eigenvalue weighted by Crippen LogP contribution is 2.29. The lowest BCUT2D eigenvalue weighted by atomic mass is 10.2. The number of nitrogens with zero attached hydrogens (tertiary/aromatic N) is 1. The molecule has 1 amide bonds. The number of methoxy groups -OCH3 is 1. The first-order chi connectivity index (χ1) is 13.5. The van der Waals surface area contributed by atoms with Crippen LogP contribution in [0.1, 0.15) is 31.7 Å². The molecule has 0 aliphatic heterocycles. The molecule has 0 heterocycles. The summed E-state index contributed by atoms with van der Waals surface area (Å²) in [6.07, 6.45) is 6.13. The summed E-state index contributed by atoms with van der Waals surface area (Å²) >= 11 is 0. The van der Waals surface area contributed by atoms with Gasteiger partial charge in [0.1, 0.15) is 5.69 Å². The third-order valence-corrected chi connectivity index (χ3v) is 3.98. The van der Waals surface area contributed by atoms with Gasteiger partial charge in [0.15, 0.2) is 11.5 Å². The molecule has 0 spiro atoms. The van der Waals surface area contributed by atoms with Crippen molar-refractivity contribution in [1.29, 1.82) is 0 Å². The summed E-state index contributed by atoms with van der Waals surface area (Å²) in [5, 5.41) is 13.5. The number of nitro benzene ring substituents is 1. The number of carbonyl (C=O) groups excluding carboxylic acids is 1. The monoisotopic (exact) mass is 384 g/mol. The molecule has 0 aliphatic rings. The molecule has 0 aromatic heterocycles. The molecule has 148 valence electrons. The third-order valence-electron chi connectivity index (χ3n) is 3.98. The minimum Gasteiger partial charge on any atom is -0.493 e. The van der Waals surface area contributed by atoms with E-state index in [1.165, 1.54) is 18.2 Å². The van der Waals surface area contributed by atoms with Gasteiger partial charge < -0.3 is 14.8 Å². The molecule has 0 bridgehead atoms. The number of hydrogen-bond acceptors (Lipinski definition) is 5. The minimum absolute atomic E-state index is 0.149. The van der Waals surface area contributed by atoms with Crippen LogP contribution < -0.4 is 14.8 Å². The number of nitrogens with one attached hydrogen (secondary N) is 1.